The first-order valence-corrected chi connectivity index (χ1v) is 15.9. The van der Waals surface area contributed by atoms with Crippen LogP contribution in [-0.2, 0) is 9.47 Å². The van der Waals surface area contributed by atoms with Crippen LogP contribution in [0.2, 0.25) is 0 Å². The third kappa shape index (κ3) is 30.8. The molecule has 36 heavy (non-hydrogen) atoms. The molecule has 0 bridgehead atoms. The first-order chi connectivity index (χ1) is 17.8. The van der Waals surface area contributed by atoms with E-state index in [4.69, 9.17) is 9.47 Å². The van der Waals surface area contributed by atoms with Crippen molar-refractivity contribution in [2.45, 2.75) is 168 Å². The van der Waals surface area contributed by atoms with Crippen molar-refractivity contribution < 1.29 is 14.3 Å². The van der Waals surface area contributed by atoms with Crippen molar-refractivity contribution in [2.75, 3.05) is 13.2 Å². The summed E-state index contributed by atoms with van der Waals surface area (Å²) in [6.07, 6.45) is 39.1. The molecule has 0 atom stereocenters. The minimum atomic E-state index is -0.488. The molecule has 0 spiro atoms. The highest BCUT2D eigenvalue weighted by Gasteiger charge is 2.03. The minimum absolute atomic E-state index is 0.488. The van der Waals surface area contributed by atoms with E-state index in [1.54, 1.807) is 0 Å². The van der Waals surface area contributed by atoms with Crippen LogP contribution in [0.25, 0.3) is 0 Å². The summed E-state index contributed by atoms with van der Waals surface area (Å²) >= 11 is 0. The van der Waals surface area contributed by atoms with E-state index in [0.29, 0.717) is 13.2 Å². The Kier molecular flexibility index (Phi) is 30.7. The quantitative estimate of drug-likeness (QED) is 0.0601. The van der Waals surface area contributed by atoms with Gasteiger partial charge in [-0.1, -0.05) is 134 Å². The average Bonchev–Trinajstić information content (AvgIpc) is 2.88. The maximum atomic E-state index is 11.6. The lowest BCUT2D eigenvalue weighted by atomic mass is 10.1. The number of allylic oxidation sites excluding steroid dienone is 4. The van der Waals surface area contributed by atoms with Crippen LogP contribution >= 0.6 is 0 Å². The van der Waals surface area contributed by atoms with E-state index in [1.165, 1.54) is 128 Å². The van der Waals surface area contributed by atoms with Crippen LogP contribution in [0.3, 0.4) is 0 Å². The van der Waals surface area contributed by atoms with Crippen molar-refractivity contribution >= 4 is 6.16 Å². The molecule has 0 aliphatic heterocycles. The number of hydrogen-bond donors (Lipinski definition) is 0. The fourth-order valence-electron chi connectivity index (χ4n) is 4.33. The summed E-state index contributed by atoms with van der Waals surface area (Å²) in [5, 5.41) is 0. The predicted molar refractivity (Wildman–Crippen MR) is 158 cm³/mol. The molecule has 0 radical (unpaired) electrons. The zero-order chi connectivity index (χ0) is 26.2. The average molecular weight is 507 g/mol. The van der Waals surface area contributed by atoms with Gasteiger partial charge in [0.2, 0.25) is 0 Å². The fraction of sp³-hybridized carbons (Fsp3) is 0.848. The van der Waals surface area contributed by atoms with Crippen LogP contribution in [0.1, 0.15) is 168 Å². The highest BCUT2D eigenvalue weighted by Crippen LogP contribution is 2.11. The van der Waals surface area contributed by atoms with Gasteiger partial charge in [-0.3, -0.25) is 0 Å². The zero-order valence-electron chi connectivity index (χ0n) is 24.4. The molecule has 3 heteroatoms. The summed E-state index contributed by atoms with van der Waals surface area (Å²) in [5.41, 5.74) is 0. The van der Waals surface area contributed by atoms with Gasteiger partial charge < -0.3 is 9.47 Å². The molecule has 0 aromatic rings. The highest BCUT2D eigenvalue weighted by atomic mass is 16.7. The van der Waals surface area contributed by atoms with Crippen molar-refractivity contribution in [3.63, 3.8) is 0 Å². The lowest BCUT2D eigenvalue weighted by Crippen LogP contribution is -2.09. The zero-order valence-corrected chi connectivity index (χ0v) is 24.4. The molecule has 0 aliphatic rings. The summed E-state index contributed by atoms with van der Waals surface area (Å²) in [5.74, 6) is 0. The fourth-order valence-corrected chi connectivity index (χ4v) is 4.33. The standard InChI is InChI=1S/C33H62O3/c1-3-5-7-9-11-13-15-17-18-19-20-22-24-26-28-30-32-36-33(34)35-31-29-27-25-23-21-16-14-12-10-8-6-4-2/h10,12,17-18H,3-9,11,13-16,19-32H2,1-2H3. The predicted octanol–water partition coefficient (Wildman–Crippen LogP) is 11.7. The Labute approximate surface area is 225 Å². The molecule has 0 amide bonds. The minimum Gasteiger partial charge on any atom is -0.434 e. The molecule has 0 heterocycles. The molecular formula is C33H62O3. The summed E-state index contributed by atoms with van der Waals surface area (Å²) in [7, 11) is 0. The van der Waals surface area contributed by atoms with E-state index in [1.807, 2.05) is 0 Å². The Morgan fingerprint density at radius 2 is 0.722 bits per heavy atom. The molecule has 0 aliphatic carbocycles. The molecule has 0 aromatic heterocycles. The first-order valence-electron chi connectivity index (χ1n) is 15.9. The Hall–Kier alpha value is -1.25. The summed E-state index contributed by atoms with van der Waals surface area (Å²) < 4.78 is 10.4. The third-order valence-electron chi connectivity index (χ3n) is 6.75. The van der Waals surface area contributed by atoms with Gasteiger partial charge >= 0.3 is 6.16 Å². The Morgan fingerprint density at radius 1 is 0.417 bits per heavy atom. The second-order valence-corrected chi connectivity index (χ2v) is 10.4. The van der Waals surface area contributed by atoms with Gasteiger partial charge in [0.25, 0.3) is 0 Å². The Balaban J connectivity index is 3.21. The van der Waals surface area contributed by atoms with Gasteiger partial charge in [-0.25, -0.2) is 4.79 Å². The molecule has 0 N–H and O–H groups in total. The van der Waals surface area contributed by atoms with E-state index in [-0.39, 0.29) is 0 Å². The van der Waals surface area contributed by atoms with E-state index in [0.717, 1.165) is 25.7 Å². The second-order valence-electron chi connectivity index (χ2n) is 10.4. The van der Waals surface area contributed by atoms with E-state index in [2.05, 4.69) is 38.2 Å². The molecule has 0 fully saturated rings. The maximum Gasteiger partial charge on any atom is 0.508 e. The molecule has 0 unspecified atom stereocenters. The van der Waals surface area contributed by atoms with Crippen LogP contribution in [0.5, 0.6) is 0 Å². The summed E-state index contributed by atoms with van der Waals surface area (Å²) in [6, 6.07) is 0. The van der Waals surface area contributed by atoms with E-state index >= 15 is 0 Å². The first kappa shape index (κ1) is 34.8. The maximum absolute atomic E-state index is 11.6. The molecule has 3 nitrogen and oxygen atoms in total. The largest absolute Gasteiger partial charge is 0.508 e. The van der Waals surface area contributed by atoms with Crippen LogP contribution < -0.4 is 0 Å². The summed E-state index contributed by atoms with van der Waals surface area (Å²) in [6.45, 7) is 5.50. The Bertz CT molecular complexity index is 483. The number of hydrogen-bond acceptors (Lipinski definition) is 3. The lowest BCUT2D eigenvalue weighted by Gasteiger charge is -2.06. The number of rotatable bonds is 28. The molecule has 0 rings (SSSR count). The van der Waals surface area contributed by atoms with Crippen LogP contribution in [-0.4, -0.2) is 19.4 Å². The summed E-state index contributed by atoms with van der Waals surface area (Å²) in [4.78, 5) is 11.6. The van der Waals surface area contributed by atoms with Gasteiger partial charge in [0, 0.05) is 0 Å². The van der Waals surface area contributed by atoms with Gasteiger partial charge in [-0.15, -0.1) is 0 Å². The number of carbonyl (C=O) groups is 1. The topological polar surface area (TPSA) is 35.5 Å². The van der Waals surface area contributed by atoms with E-state index < -0.39 is 6.16 Å². The number of unbranched alkanes of at least 4 members (excludes halogenated alkanes) is 20. The number of carbonyl (C=O) groups excluding carboxylic acids is 1. The van der Waals surface area contributed by atoms with Crippen molar-refractivity contribution in [2.24, 2.45) is 0 Å². The number of ether oxygens (including phenoxy) is 2. The molecular weight excluding hydrogens is 444 g/mol. The normalized spacial score (nSPS) is 11.6. The third-order valence-corrected chi connectivity index (χ3v) is 6.75. The second kappa shape index (κ2) is 31.8. The van der Waals surface area contributed by atoms with Crippen LogP contribution in [0.4, 0.5) is 4.79 Å². The monoisotopic (exact) mass is 506 g/mol. The SMILES string of the molecule is CCCCC=CCCCCCCCCOC(=O)OCCCCCCCCC=CCCCCCCCC. The van der Waals surface area contributed by atoms with Gasteiger partial charge in [-0.2, -0.15) is 0 Å². The van der Waals surface area contributed by atoms with Gasteiger partial charge in [0.15, 0.2) is 0 Å². The van der Waals surface area contributed by atoms with Gasteiger partial charge in [0.1, 0.15) is 0 Å². The van der Waals surface area contributed by atoms with E-state index in [9.17, 15) is 4.79 Å². The van der Waals surface area contributed by atoms with Gasteiger partial charge in [-0.05, 0) is 57.8 Å². The smallest absolute Gasteiger partial charge is 0.434 e. The lowest BCUT2D eigenvalue weighted by molar-refractivity contribution is 0.0529. The van der Waals surface area contributed by atoms with Crippen molar-refractivity contribution in [3.8, 4) is 0 Å². The highest BCUT2D eigenvalue weighted by molar-refractivity contribution is 5.59. The van der Waals surface area contributed by atoms with Crippen molar-refractivity contribution in [3.05, 3.63) is 24.3 Å². The van der Waals surface area contributed by atoms with Gasteiger partial charge in [0.05, 0.1) is 13.2 Å². The Morgan fingerprint density at radius 3 is 1.11 bits per heavy atom. The van der Waals surface area contributed by atoms with Crippen molar-refractivity contribution in [1.82, 2.24) is 0 Å². The van der Waals surface area contributed by atoms with Crippen LogP contribution in [0.15, 0.2) is 24.3 Å². The van der Waals surface area contributed by atoms with Crippen LogP contribution in [0, 0.1) is 0 Å². The molecule has 212 valence electrons. The molecule has 0 saturated heterocycles. The van der Waals surface area contributed by atoms with Crippen molar-refractivity contribution in [1.29, 1.82) is 0 Å². The molecule has 0 aromatic carbocycles. The molecule has 0 saturated carbocycles.